The van der Waals surface area contributed by atoms with E-state index in [2.05, 4.69) is 10.5 Å². The van der Waals surface area contributed by atoms with Gasteiger partial charge in [-0.1, -0.05) is 24.3 Å². The number of carbonyl (C=O) groups excluding carboxylic acids is 1. The summed E-state index contributed by atoms with van der Waals surface area (Å²) in [6, 6.07) is 12.1. The van der Waals surface area contributed by atoms with E-state index in [0.717, 1.165) is 10.6 Å². The molecule has 0 radical (unpaired) electrons. The minimum atomic E-state index is -3.78. The molecule has 2 aromatic rings. The molecule has 0 aliphatic carbocycles. The van der Waals surface area contributed by atoms with E-state index in [9.17, 15) is 23.3 Å². The number of benzene rings is 2. The molecular weight excluding hydrogens is 400 g/mol. The third kappa shape index (κ3) is 6.28. The zero-order valence-electron chi connectivity index (χ0n) is 15.8. The van der Waals surface area contributed by atoms with Crippen LogP contribution in [0.3, 0.4) is 0 Å². The first-order valence-corrected chi connectivity index (χ1v) is 10.3. The van der Waals surface area contributed by atoms with Crippen LogP contribution in [0.2, 0.25) is 0 Å². The molecule has 0 heterocycles. The number of para-hydroxylation sites is 2. The number of hydrogen-bond acceptors (Lipinski definition) is 7. The van der Waals surface area contributed by atoms with Crippen LogP contribution < -0.4 is 14.5 Å². The lowest BCUT2D eigenvalue weighted by atomic mass is 10.2. The van der Waals surface area contributed by atoms with Crippen molar-refractivity contribution < 1.29 is 22.9 Å². The molecule has 10 nitrogen and oxygen atoms in total. The number of rotatable bonds is 9. The number of nitrogens with one attached hydrogen (secondary N) is 1. The van der Waals surface area contributed by atoms with Gasteiger partial charge in [0, 0.05) is 17.7 Å². The highest BCUT2D eigenvalue weighted by molar-refractivity contribution is 7.92. The maximum atomic E-state index is 12.2. The summed E-state index contributed by atoms with van der Waals surface area (Å²) in [7, 11) is -3.78. The van der Waals surface area contributed by atoms with Crippen molar-refractivity contribution in [1.29, 1.82) is 0 Å². The topological polar surface area (TPSA) is 131 Å². The van der Waals surface area contributed by atoms with Gasteiger partial charge < -0.3 is 4.74 Å². The predicted molar refractivity (Wildman–Crippen MR) is 109 cm³/mol. The van der Waals surface area contributed by atoms with Crippen molar-refractivity contribution in [3.63, 3.8) is 0 Å². The number of amides is 1. The monoisotopic (exact) mass is 420 g/mol. The fourth-order valence-electron chi connectivity index (χ4n) is 2.39. The molecule has 2 rings (SSSR count). The van der Waals surface area contributed by atoms with E-state index in [1.54, 1.807) is 31.2 Å². The molecule has 11 heteroatoms. The van der Waals surface area contributed by atoms with Crippen LogP contribution in [0.4, 0.5) is 11.4 Å². The molecule has 0 saturated heterocycles. The third-order valence-corrected chi connectivity index (χ3v) is 4.73. The van der Waals surface area contributed by atoms with Crippen LogP contribution in [-0.2, 0) is 14.8 Å². The van der Waals surface area contributed by atoms with Gasteiger partial charge in [0.2, 0.25) is 10.0 Å². The number of ether oxygens (including phenoxy) is 1. The Balaban J connectivity index is 2.14. The molecule has 0 saturated carbocycles. The number of carbonyl (C=O) groups is 1. The lowest BCUT2D eigenvalue weighted by molar-refractivity contribution is -0.384. The number of hydrogen-bond donors (Lipinski definition) is 1. The first kappa shape index (κ1) is 21.8. The number of nitrogens with zero attached hydrogens (tertiary/aromatic N) is 3. The van der Waals surface area contributed by atoms with Crippen LogP contribution in [0.5, 0.6) is 5.75 Å². The van der Waals surface area contributed by atoms with Gasteiger partial charge in [-0.15, -0.1) is 0 Å². The lowest BCUT2D eigenvalue weighted by Crippen LogP contribution is -2.39. The van der Waals surface area contributed by atoms with Gasteiger partial charge in [0.15, 0.2) is 0 Å². The van der Waals surface area contributed by atoms with E-state index >= 15 is 0 Å². The number of hydrazone groups is 1. The molecule has 1 N–H and O–H groups in total. The van der Waals surface area contributed by atoms with Crippen molar-refractivity contribution in [2.75, 3.05) is 23.7 Å². The van der Waals surface area contributed by atoms with Crippen LogP contribution in [0.15, 0.2) is 53.6 Å². The van der Waals surface area contributed by atoms with Gasteiger partial charge in [-0.2, -0.15) is 5.10 Å². The molecule has 154 valence electrons. The first-order chi connectivity index (χ1) is 13.7. The van der Waals surface area contributed by atoms with E-state index in [-0.39, 0.29) is 11.4 Å². The summed E-state index contributed by atoms with van der Waals surface area (Å²) in [5.41, 5.74) is 2.74. The van der Waals surface area contributed by atoms with Crippen molar-refractivity contribution in [2.45, 2.75) is 6.92 Å². The Bertz CT molecular complexity index is 1020. The van der Waals surface area contributed by atoms with E-state index in [1.807, 2.05) is 0 Å². The second kappa shape index (κ2) is 9.64. The minimum Gasteiger partial charge on any atom is -0.492 e. The molecule has 0 bridgehead atoms. The quantitative estimate of drug-likeness (QED) is 0.374. The smallest absolute Gasteiger partial charge is 0.270 e. The number of sulfonamides is 1. The Morgan fingerprint density at radius 3 is 2.66 bits per heavy atom. The van der Waals surface area contributed by atoms with Crippen molar-refractivity contribution in [1.82, 2.24) is 5.43 Å². The molecule has 0 aliphatic rings. The van der Waals surface area contributed by atoms with Crippen LogP contribution in [0.25, 0.3) is 0 Å². The second-order valence-electron chi connectivity index (χ2n) is 5.82. The molecule has 0 aliphatic heterocycles. The largest absolute Gasteiger partial charge is 0.492 e. The second-order valence-corrected chi connectivity index (χ2v) is 7.72. The Hall–Kier alpha value is -3.47. The van der Waals surface area contributed by atoms with Crippen molar-refractivity contribution in [3.8, 4) is 5.75 Å². The molecule has 0 fully saturated rings. The Morgan fingerprint density at radius 2 is 2.00 bits per heavy atom. The van der Waals surface area contributed by atoms with Crippen LogP contribution in [0.1, 0.15) is 12.5 Å². The van der Waals surface area contributed by atoms with Gasteiger partial charge in [-0.3, -0.25) is 19.2 Å². The molecule has 29 heavy (non-hydrogen) atoms. The summed E-state index contributed by atoms with van der Waals surface area (Å²) < 4.78 is 30.8. The highest BCUT2D eigenvalue weighted by Crippen LogP contribution is 2.29. The summed E-state index contributed by atoms with van der Waals surface area (Å²) in [6.45, 7) is 1.57. The Labute approximate surface area is 168 Å². The summed E-state index contributed by atoms with van der Waals surface area (Å²) >= 11 is 0. The van der Waals surface area contributed by atoms with E-state index in [0.29, 0.717) is 17.9 Å². The van der Waals surface area contributed by atoms with Crippen molar-refractivity contribution in [2.24, 2.45) is 5.10 Å². The van der Waals surface area contributed by atoms with Gasteiger partial charge in [-0.25, -0.2) is 13.8 Å². The van der Waals surface area contributed by atoms with Crippen molar-refractivity contribution in [3.05, 3.63) is 64.2 Å². The van der Waals surface area contributed by atoms with Gasteiger partial charge in [-0.05, 0) is 19.1 Å². The summed E-state index contributed by atoms with van der Waals surface area (Å²) in [6.07, 6.45) is 2.21. The van der Waals surface area contributed by atoms with E-state index in [4.69, 9.17) is 4.74 Å². The summed E-state index contributed by atoms with van der Waals surface area (Å²) in [4.78, 5) is 22.5. The molecule has 2 aromatic carbocycles. The van der Waals surface area contributed by atoms with Gasteiger partial charge in [0.25, 0.3) is 11.6 Å². The zero-order valence-corrected chi connectivity index (χ0v) is 16.6. The molecular formula is C18H20N4O6S. The van der Waals surface area contributed by atoms with Gasteiger partial charge in [0.05, 0.1) is 29.7 Å². The Kier molecular flexibility index (Phi) is 7.26. The number of nitro benzene ring substituents is 1. The summed E-state index contributed by atoms with van der Waals surface area (Å²) in [5.74, 6) is -0.364. The molecule has 0 atom stereocenters. The van der Waals surface area contributed by atoms with E-state index in [1.165, 1.54) is 30.5 Å². The Morgan fingerprint density at radius 1 is 1.28 bits per heavy atom. The SMILES string of the molecule is CCOc1ccccc1N(CC(=O)N/N=C\c1cccc([N+](=O)[O-])c1)S(C)(=O)=O. The maximum Gasteiger partial charge on any atom is 0.270 e. The van der Waals surface area contributed by atoms with Crippen LogP contribution >= 0.6 is 0 Å². The zero-order chi connectivity index (χ0) is 21.4. The number of non-ortho nitro benzene ring substituents is 1. The molecule has 0 spiro atoms. The highest BCUT2D eigenvalue weighted by Gasteiger charge is 2.23. The molecule has 1 amide bonds. The molecule has 0 aromatic heterocycles. The first-order valence-electron chi connectivity index (χ1n) is 8.48. The number of nitro groups is 1. The van der Waals surface area contributed by atoms with Gasteiger partial charge in [0.1, 0.15) is 12.3 Å². The lowest BCUT2D eigenvalue weighted by Gasteiger charge is -2.23. The fourth-order valence-corrected chi connectivity index (χ4v) is 3.24. The number of anilines is 1. The normalized spacial score (nSPS) is 11.2. The predicted octanol–water partition coefficient (Wildman–Crippen LogP) is 1.91. The fraction of sp³-hybridized carbons (Fsp3) is 0.222. The van der Waals surface area contributed by atoms with Crippen LogP contribution in [-0.4, -0.2) is 44.9 Å². The van der Waals surface area contributed by atoms with Gasteiger partial charge >= 0.3 is 0 Å². The maximum absolute atomic E-state index is 12.2. The minimum absolute atomic E-state index is 0.115. The average molecular weight is 420 g/mol. The third-order valence-electron chi connectivity index (χ3n) is 3.61. The summed E-state index contributed by atoms with van der Waals surface area (Å²) in [5, 5.41) is 14.5. The van der Waals surface area contributed by atoms with E-state index < -0.39 is 27.4 Å². The van der Waals surface area contributed by atoms with Crippen LogP contribution in [0, 0.1) is 10.1 Å². The average Bonchev–Trinajstić information content (AvgIpc) is 2.66. The highest BCUT2D eigenvalue weighted by atomic mass is 32.2. The molecule has 0 unspecified atom stereocenters. The standard InChI is InChI=1S/C18H20N4O6S/c1-3-28-17-10-5-4-9-16(17)21(29(2,26)27)13-18(23)20-19-12-14-7-6-8-15(11-14)22(24)25/h4-12H,3,13H2,1-2H3,(H,20,23)/b19-12-. The van der Waals surface area contributed by atoms with Crippen molar-refractivity contribution >= 4 is 33.5 Å².